The standard InChI is InChI=1S/C10H20N2O2/c1-2-3-4-7-12-8-9(5-6-11)14-10(12)13/h9H,2-8,11H2,1H3. The van der Waals surface area contributed by atoms with Gasteiger partial charge in [-0.3, -0.25) is 0 Å². The van der Waals surface area contributed by atoms with Crippen molar-refractivity contribution in [1.29, 1.82) is 0 Å². The molecule has 1 fully saturated rings. The highest BCUT2D eigenvalue weighted by Crippen LogP contribution is 2.14. The smallest absolute Gasteiger partial charge is 0.410 e. The summed E-state index contributed by atoms with van der Waals surface area (Å²) in [4.78, 5) is 13.1. The van der Waals surface area contributed by atoms with Crippen molar-refractivity contribution in [3.63, 3.8) is 0 Å². The Balaban J connectivity index is 2.22. The number of hydrogen-bond acceptors (Lipinski definition) is 3. The average molecular weight is 200 g/mol. The molecule has 1 amide bonds. The Morgan fingerprint density at radius 3 is 3.00 bits per heavy atom. The summed E-state index contributed by atoms with van der Waals surface area (Å²) in [6.45, 7) is 4.29. The van der Waals surface area contributed by atoms with Gasteiger partial charge in [0, 0.05) is 6.54 Å². The van der Waals surface area contributed by atoms with Gasteiger partial charge in [-0.25, -0.2) is 4.79 Å². The lowest BCUT2D eigenvalue weighted by Gasteiger charge is -2.11. The number of cyclic esters (lactones) is 1. The van der Waals surface area contributed by atoms with E-state index in [0.717, 1.165) is 25.9 Å². The molecule has 1 aliphatic rings. The van der Waals surface area contributed by atoms with E-state index in [2.05, 4.69) is 6.92 Å². The van der Waals surface area contributed by atoms with Crippen molar-refractivity contribution < 1.29 is 9.53 Å². The minimum Gasteiger partial charge on any atom is -0.444 e. The number of nitrogens with two attached hydrogens (primary N) is 1. The van der Waals surface area contributed by atoms with Crippen LogP contribution in [0.3, 0.4) is 0 Å². The molecule has 0 saturated carbocycles. The van der Waals surface area contributed by atoms with Crippen LogP contribution in [0.4, 0.5) is 4.79 Å². The summed E-state index contributed by atoms with van der Waals surface area (Å²) < 4.78 is 5.15. The summed E-state index contributed by atoms with van der Waals surface area (Å²) in [6, 6.07) is 0. The van der Waals surface area contributed by atoms with E-state index >= 15 is 0 Å². The third-order valence-electron chi connectivity index (χ3n) is 2.47. The molecule has 2 N–H and O–H groups in total. The highest BCUT2D eigenvalue weighted by Gasteiger charge is 2.29. The number of carbonyl (C=O) groups is 1. The predicted molar refractivity (Wildman–Crippen MR) is 55.0 cm³/mol. The molecule has 1 rings (SSSR count). The van der Waals surface area contributed by atoms with Crippen molar-refractivity contribution in [3.05, 3.63) is 0 Å². The van der Waals surface area contributed by atoms with Gasteiger partial charge in [-0.2, -0.15) is 0 Å². The molecule has 0 aromatic rings. The van der Waals surface area contributed by atoms with Crippen LogP contribution < -0.4 is 5.73 Å². The molecule has 1 saturated heterocycles. The van der Waals surface area contributed by atoms with Gasteiger partial charge in [-0.15, -0.1) is 0 Å². The van der Waals surface area contributed by atoms with Crippen molar-refractivity contribution in [2.24, 2.45) is 5.73 Å². The molecule has 1 aliphatic heterocycles. The number of unbranched alkanes of at least 4 members (excludes halogenated alkanes) is 2. The van der Waals surface area contributed by atoms with E-state index in [-0.39, 0.29) is 12.2 Å². The van der Waals surface area contributed by atoms with Gasteiger partial charge >= 0.3 is 6.09 Å². The first-order valence-electron chi connectivity index (χ1n) is 5.43. The van der Waals surface area contributed by atoms with Gasteiger partial charge in [-0.1, -0.05) is 19.8 Å². The number of amides is 1. The first-order valence-corrected chi connectivity index (χ1v) is 5.43. The van der Waals surface area contributed by atoms with Gasteiger partial charge in [0.2, 0.25) is 0 Å². The average Bonchev–Trinajstić information content (AvgIpc) is 2.48. The maximum absolute atomic E-state index is 11.3. The van der Waals surface area contributed by atoms with Crippen LogP contribution in [0.1, 0.15) is 32.6 Å². The summed E-state index contributed by atoms with van der Waals surface area (Å²) in [6.07, 6.45) is 4.05. The van der Waals surface area contributed by atoms with Crippen LogP contribution in [0.2, 0.25) is 0 Å². The van der Waals surface area contributed by atoms with Crippen LogP contribution in [0.15, 0.2) is 0 Å². The number of rotatable bonds is 6. The van der Waals surface area contributed by atoms with Gasteiger partial charge in [0.25, 0.3) is 0 Å². The molecule has 0 bridgehead atoms. The maximum atomic E-state index is 11.3. The Kier molecular flexibility index (Phi) is 4.73. The van der Waals surface area contributed by atoms with Gasteiger partial charge in [-0.05, 0) is 19.4 Å². The lowest BCUT2D eigenvalue weighted by atomic mass is 10.2. The third-order valence-corrected chi connectivity index (χ3v) is 2.47. The van der Waals surface area contributed by atoms with E-state index in [1.165, 1.54) is 12.8 Å². The summed E-state index contributed by atoms with van der Waals surface area (Å²) in [5.41, 5.74) is 5.41. The quantitative estimate of drug-likeness (QED) is 0.658. The molecule has 0 aromatic heterocycles. The topological polar surface area (TPSA) is 55.6 Å². The Labute approximate surface area is 85.4 Å². The second-order valence-corrected chi connectivity index (χ2v) is 3.74. The van der Waals surface area contributed by atoms with Crippen LogP contribution in [0, 0.1) is 0 Å². The van der Waals surface area contributed by atoms with Gasteiger partial charge in [0.15, 0.2) is 0 Å². The zero-order valence-electron chi connectivity index (χ0n) is 8.87. The molecule has 0 aromatic carbocycles. The van der Waals surface area contributed by atoms with Gasteiger partial charge in [0.1, 0.15) is 6.10 Å². The molecule has 82 valence electrons. The molecule has 14 heavy (non-hydrogen) atoms. The molecule has 0 radical (unpaired) electrons. The minimum atomic E-state index is -0.167. The molecule has 4 heteroatoms. The fourth-order valence-corrected chi connectivity index (χ4v) is 1.65. The monoisotopic (exact) mass is 200 g/mol. The largest absolute Gasteiger partial charge is 0.444 e. The first-order chi connectivity index (χ1) is 6.77. The fraction of sp³-hybridized carbons (Fsp3) is 0.900. The van der Waals surface area contributed by atoms with Gasteiger partial charge < -0.3 is 15.4 Å². The molecule has 1 atom stereocenters. The van der Waals surface area contributed by atoms with Crippen LogP contribution in [-0.4, -0.2) is 36.7 Å². The number of hydrogen-bond donors (Lipinski definition) is 1. The molecule has 1 heterocycles. The van der Waals surface area contributed by atoms with Crippen molar-refractivity contribution in [2.75, 3.05) is 19.6 Å². The highest BCUT2D eigenvalue weighted by molar-refractivity contribution is 5.69. The zero-order valence-corrected chi connectivity index (χ0v) is 8.87. The molecular weight excluding hydrogens is 180 g/mol. The van der Waals surface area contributed by atoms with Crippen LogP contribution in [0.25, 0.3) is 0 Å². The van der Waals surface area contributed by atoms with Crippen molar-refractivity contribution in [2.45, 2.75) is 38.7 Å². The number of nitrogens with zero attached hydrogens (tertiary/aromatic N) is 1. The Bertz CT molecular complexity index is 185. The Morgan fingerprint density at radius 2 is 2.36 bits per heavy atom. The first kappa shape index (κ1) is 11.3. The lowest BCUT2D eigenvalue weighted by Crippen LogP contribution is -2.26. The Morgan fingerprint density at radius 1 is 1.57 bits per heavy atom. The summed E-state index contributed by atoms with van der Waals surface area (Å²) in [5.74, 6) is 0. The minimum absolute atomic E-state index is 0.0223. The van der Waals surface area contributed by atoms with E-state index in [1.807, 2.05) is 0 Å². The summed E-state index contributed by atoms with van der Waals surface area (Å²) in [5, 5.41) is 0. The highest BCUT2D eigenvalue weighted by atomic mass is 16.6. The summed E-state index contributed by atoms with van der Waals surface area (Å²) in [7, 11) is 0. The van der Waals surface area contributed by atoms with Crippen LogP contribution in [-0.2, 0) is 4.74 Å². The Hall–Kier alpha value is -0.770. The van der Waals surface area contributed by atoms with E-state index in [9.17, 15) is 4.79 Å². The molecule has 4 nitrogen and oxygen atoms in total. The lowest BCUT2D eigenvalue weighted by molar-refractivity contribution is 0.129. The van der Waals surface area contributed by atoms with Crippen molar-refractivity contribution in [1.82, 2.24) is 4.90 Å². The maximum Gasteiger partial charge on any atom is 0.410 e. The van der Waals surface area contributed by atoms with Crippen LogP contribution >= 0.6 is 0 Å². The normalized spacial score (nSPS) is 21.4. The van der Waals surface area contributed by atoms with Crippen LogP contribution in [0.5, 0.6) is 0 Å². The molecule has 0 spiro atoms. The van der Waals surface area contributed by atoms with E-state index in [4.69, 9.17) is 10.5 Å². The van der Waals surface area contributed by atoms with Gasteiger partial charge in [0.05, 0.1) is 6.54 Å². The number of carbonyl (C=O) groups excluding carboxylic acids is 1. The second kappa shape index (κ2) is 5.86. The SMILES string of the molecule is CCCCCN1CC(CCN)OC1=O. The van der Waals surface area contributed by atoms with E-state index in [0.29, 0.717) is 6.54 Å². The molecule has 0 aliphatic carbocycles. The van der Waals surface area contributed by atoms with Crippen molar-refractivity contribution >= 4 is 6.09 Å². The van der Waals surface area contributed by atoms with Crippen molar-refractivity contribution in [3.8, 4) is 0 Å². The number of ether oxygens (including phenoxy) is 1. The fourth-order valence-electron chi connectivity index (χ4n) is 1.65. The third kappa shape index (κ3) is 3.18. The zero-order chi connectivity index (χ0) is 10.4. The van der Waals surface area contributed by atoms with E-state index in [1.54, 1.807) is 4.90 Å². The molecular formula is C10H20N2O2. The predicted octanol–water partition coefficient (Wildman–Crippen LogP) is 1.35. The molecule has 1 unspecified atom stereocenters. The van der Waals surface area contributed by atoms with E-state index < -0.39 is 0 Å². The second-order valence-electron chi connectivity index (χ2n) is 3.74. The summed E-state index contributed by atoms with van der Waals surface area (Å²) >= 11 is 0.